The third-order valence-corrected chi connectivity index (χ3v) is 5.31. The number of rotatable bonds is 5. The summed E-state index contributed by atoms with van der Waals surface area (Å²) in [5.41, 5.74) is 7.90. The maximum atomic E-state index is 13.1. The second-order valence-electron chi connectivity index (χ2n) is 7.15. The van der Waals surface area contributed by atoms with Crippen molar-refractivity contribution in [3.8, 4) is 5.75 Å². The molecule has 3 aromatic carbocycles. The van der Waals surface area contributed by atoms with Crippen LogP contribution in [0.3, 0.4) is 0 Å². The Balaban J connectivity index is 1.95. The molecule has 1 fully saturated rings. The normalized spacial score (nSPS) is 17.4. The highest BCUT2D eigenvalue weighted by molar-refractivity contribution is 6.51. The molecule has 2 N–H and O–H groups in total. The van der Waals surface area contributed by atoms with Crippen molar-refractivity contribution in [1.82, 2.24) is 0 Å². The van der Waals surface area contributed by atoms with Crippen molar-refractivity contribution in [2.75, 3.05) is 12.0 Å². The van der Waals surface area contributed by atoms with Gasteiger partial charge in [-0.15, -0.1) is 0 Å². The fraction of sp³-hybridized carbons (Fsp3) is 0.0833. The molecule has 0 bridgehead atoms. The van der Waals surface area contributed by atoms with Crippen molar-refractivity contribution in [3.05, 3.63) is 106 Å². The molecular formula is C24H19N3O5. The van der Waals surface area contributed by atoms with E-state index in [-0.39, 0.29) is 17.0 Å². The predicted molar refractivity (Wildman–Crippen MR) is 119 cm³/mol. The Hall–Kier alpha value is -4.46. The van der Waals surface area contributed by atoms with E-state index in [9.17, 15) is 19.7 Å². The average Bonchev–Trinajstić information content (AvgIpc) is 3.09. The summed E-state index contributed by atoms with van der Waals surface area (Å²) < 4.78 is 5.18. The summed E-state index contributed by atoms with van der Waals surface area (Å²) in [6.07, 6.45) is 0. The van der Waals surface area contributed by atoms with Crippen LogP contribution in [0.15, 0.2) is 84.4 Å². The summed E-state index contributed by atoms with van der Waals surface area (Å²) >= 11 is 0. The van der Waals surface area contributed by atoms with Gasteiger partial charge in [-0.2, -0.15) is 0 Å². The minimum atomic E-state index is -0.927. The summed E-state index contributed by atoms with van der Waals surface area (Å²) in [5, 5.41) is 11.4. The van der Waals surface area contributed by atoms with Gasteiger partial charge in [-0.3, -0.25) is 24.6 Å². The molecular weight excluding hydrogens is 410 g/mol. The number of carbonyl (C=O) groups is 2. The Bertz CT molecular complexity index is 1240. The molecule has 8 heteroatoms. The quantitative estimate of drug-likeness (QED) is 0.287. The van der Waals surface area contributed by atoms with Crippen molar-refractivity contribution >= 4 is 28.8 Å². The number of nitro benzene ring substituents is 1. The SMILES string of the molecule is COc1ccc(N2C(=O)C(=O)/C(=C(\N)c3ccccc3)[C@@H]2c2cccc([N+](=O)[O-])c2)cc1. The second kappa shape index (κ2) is 8.35. The first-order chi connectivity index (χ1) is 15.4. The van der Waals surface area contributed by atoms with Crippen LogP contribution in [0, 0.1) is 10.1 Å². The van der Waals surface area contributed by atoms with E-state index in [0.717, 1.165) is 0 Å². The molecule has 0 unspecified atom stereocenters. The van der Waals surface area contributed by atoms with Gasteiger partial charge in [0, 0.05) is 23.5 Å². The predicted octanol–water partition coefficient (Wildman–Crippen LogP) is 3.63. The first kappa shape index (κ1) is 20.8. The number of amides is 1. The maximum Gasteiger partial charge on any atom is 0.300 e. The molecule has 1 aliphatic heterocycles. The highest BCUT2D eigenvalue weighted by Crippen LogP contribution is 2.42. The van der Waals surface area contributed by atoms with Crippen molar-refractivity contribution in [2.45, 2.75) is 6.04 Å². The van der Waals surface area contributed by atoms with Crippen LogP contribution in [0.5, 0.6) is 5.75 Å². The van der Waals surface area contributed by atoms with E-state index in [2.05, 4.69) is 0 Å². The average molecular weight is 429 g/mol. The molecule has 4 rings (SSSR count). The zero-order valence-corrected chi connectivity index (χ0v) is 17.1. The zero-order valence-electron chi connectivity index (χ0n) is 17.1. The van der Waals surface area contributed by atoms with Crippen molar-refractivity contribution < 1.29 is 19.2 Å². The zero-order chi connectivity index (χ0) is 22.8. The molecule has 1 heterocycles. The third-order valence-electron chi connectivity index (χ3n) is 5.31. The minimum absolute atomic E-state index is 0.0810. The lowest BCUT2D eigenvalue weighted by atomic mass is 9.94. The number of hydrogen-bond donors (Lipinski definition) is 1. The van der Waals surface area contributed by atoms with Crippen LogP contribution in [0.2, 0.25) is 0 Å². The number of nitrogens with zero attached hydrogens (tertiary/aromatic N) is 2. The first-order valence-electron chi connectivity index (χ1n) is 9.73. The van der Waals surface area contributed by atoms with Gasteiger partial charge in [-0.25, -0.2) is 0 Å². The van der Waals surface area contributed by atoms with Crippen molar-refractivity contribution in [1.29, 1.82) is 0 Å². The molecule has 0 aromatic heterocycles. The number of hydrogen-bond acceptors (Lipinski definition) is 6. The van der Waals surface area contributed by atoms with Gasteiger partial charge >= 0.3 is 0 Å². The van der Waals surface area contributed by atoms with Crippen LogP contribution in [-0.4, -0.2) is 23.7 Å². The lowest BCUT2D eigenvalue weighted by Gasteiger charge is -2.25. The molecule has 1 amide bonds. The molecule has 0 aliphatic carbocycles. The van der Waals surface area contributed by atoms with Crippen LogP contribution < -0.4 is 15.4 Å². The van der Waals surface area contributed by atoms with Crippen molar-refractivity contribution in [2.24, 2.45) is 5.73 Å². The summed E-state index contributed by atoms with van der Waals surface area (Å²) in [7, 11) is 1.52. The number of Topliss-reactive ketones (excluding diaryl/α,β-unsaturated/α-hetero) is 1. The third kappa shape index (κ3) is 3.58. The van der Waals surface area contributed by atoms with Gasteiger partial charge in [-0.05, 0) is 35.4 Å². The Morgan fingerprint density at radius 2 is 1.69 bits per heavy atom. The number of anilines is 1. The number of carbonyl (C=O) groups excluding carboxylic acids is 2. The van der Waals surface area contributed by atoms with E-state index in [0.29, 0.717) is 22.6 Å². The molecule has 1 saturated heterocycles. The van der Waals surface area contributed by atoms with Crippen molar-refractivity contribution in [3.63, 3.8) is 0 Å². The largest absolute Gasteiger partial charge is 0.497 e. The number of non-ortho nitro benzene ring substituents is 1. The van der Waals surface area contributed by atoms with Crippen LogP contribution in [0.1, 0.15) is 17.2 Å². The van der Waals surface area contributed by atoms with E-state index in [1.807, 2.05) is 6.07 Å². The first-order valence-corrected chi connectivity index (χ1v) is 9.73. The number of ketones is 1. The highest BCUT2D eigenvalue weighted by Gasteiger charge is 2.46. The number of benzene rings is 3. The molecule has 8 nitrogen and oxygen atoms in total. The van der Waals surface area contributed by atoms with Gasteiger partial charge in [0.25, 0.3) is 17.4 Å². The van der Waals surface area contributed by atoms with Gasteiger partial charge in [0.15, 0.2) is 0 Å². The fourth-order valence-corrected chi connectivity index (χ4v) is 3.77. The Labute approximate surface area is 183 Å². The van der Waals surface area contributed by atoms with Crippen LogP contribution >= 0.6 is 0 Å². The maximum absolute atomic E-state index is 13.1. The summed E-state index contributed by atoms with van der Waals surface area (Å²) in [4.78, 5) is 38.4. The Morgan fingerprint density at radius 1 is 1.00 bits per heavy atom. The molecule has 160 valence electrons. The number of methoxy groups -OCH3 is 1. The fourth-order valence-electron chi connectivity index (χ4n) is 3.77. The standard InChI is InChI=1S/C24H19N3O5/c1-32-19-12-10-17(11-13-19)26-22(16-8-5-9-18(14-16)27(30)31)20(23(28)24(26)29)21(25)15-6-3-2-4-7-15/h2-14,22H,25H2,1H3/b21-20-/t22-/m0/s1. The van der Waals surface area contributed by atoms with Gasteiger partial charge in [0.05, 0.1) is 23.6 Å². The number of nitrogens with two attached hydrogens (primary N) is 1. The lowest BCUT2D eigenvalue weighted by Crippen LogP contribution is -2.29. The number of ether oxygens (including phenoxy) is 1. The van der Waals surface area contributed by atoms with Crippen LogP contribution in [0.4, 0.5) is 11.4 Å². The summed E-state index contributed by atoms with van der Waals surface area (Å²) in [6.45, 7) is 0. The second-order valence-corrected chi connectivity index (χ2v) is 7.15. The van der Waals surface area contributed by atoms with E-state index in [1.54, 1.807) is 54.6 Å². The van der Waals surface area contributed by atoms with E-state index in [4.69, 9.17) is 10.5 Å². The smallest absolute Gasteiger partial charge is 0.300 e. The summed E-state index contributed by atoms with van der Waals surface area (Å²) in [6, 6.07) is 20.4. The lowest BCUT2D eigenvalue weighted by molar-refractivity contribution is -0.384. The highest BCUT2D eigenvalue weighted by atomic mass is 16.6. The Kier molecular flexibility index (Phi) is 5.43. The van der Waals surface area contributed by atoms with E-state index >= 15 is 0 Å². The van der Waals surface area contributed by atoms with E-state index in [1.165, 1.54) is 30.2 Å². The number of nitro groups is 1. The monoisotopic (exact) mass is 429 g/mol. The van der Waals surface area contributed by atoms with Gasteiger partial charge in [-0.1, -0.05) is 42.5 Å². The van der Waals surface area contributed by atoms with Gasteiger partial charge in [0.1, 0.15) is 5.75 Å². The summed E-state index contributed by atoms with van der Waals surface area (Å²) in [5.74, 6) is -0.933. The van der Waals surface area contributed by atoms with Gasteiger partial charge < -0.3 is 10.5 Å². The molecule has 32 heavy (non-hydrogen) atoms. The van der Waals surface area contributed by atoms with Crippen LogP contribution in [0.25, 0.3) is 5.70 Å². The van der Waals surface area contributed by atoms with Crippen LogP contribution in [-0.2, 0) is 9.59 Å². The molecule has 0 spiro atoms. The topological polar surface area (TPSA) is 116 Å². The molecule has 3 aromatic rings. The minimum Gasteiger partial charge on any atom is -0.497 e. The van der Waals surface area contributed by atoms with E-state index < -0.39 is 22.7 Å². The Morgan fingerprint density at radius 3 is 2.31 bits per heavy atom. The molecule has 1 atom stereocenters. The molecule has 0 radical (unpaired) electrons. The van der Waals surface area contributed by atoms with Gasteiger partial charge in [0.2, 0.25) is 0 Å². The molecule has 1 aliphatic rings. The molecule has 0 saturated carbocycles.